The Balaban J connectivity index is 1.19. The molecule has 39 heavy (non-hydrogen) atoms. The molecule has 2 saturated heterocycles. The van der Waals surface area contributed by atoms with Crippen LogP contribution >= 0.6 is 11.3 Å². The number of hydrogen-bond acceptors (Lipinski definition) is 10. The van der Waals surface area contributed by atoms with Crippen LogP contribution in [0.25, 0.3) is 10.2 Å². The average molecular weight is 547 g/mol. The second kappa shape index (κ2) is 8.53. The van der Waals surface area contributed by atoms with Gasteiger partial charge in [-0.05, 0) is 37.8 Å². The lowest BCUT2D eigenvalue weighted by Crippen LogP contribution is -2.74. The molecule has 200 valence electrons. The second-order valence-corrected chi connectivity index (χ2v) is 11.8. The van der Waals surface area contributed by atoms with Gasteiger partial charge < -0.3 is 29.7 Å². The molecule has 2 unspecified atom stereocenters. The molecule has 4 bridgehead atoms. The first kappa shape index (κ1) is 24.1. The highest BCUT2D eigenvalue weighted by molar-refractivity contribution is 7.22. The van der Waals surface area contributed by atoms with Crippen molar-refractivity contribution < 1.29 is 23.8 Å². The molecule has 12 heteroatoms. The van der Waals surface area contributed by atoms with Crippen LogP contribution in [0.3, 0.4) is 0 Å². The number of carbonyl (C=O) groups is 2. The summed E-state index contributed by atoms with van der Waals surface area (Å²) in [6.45, 7) is 1.36. The fourth-order valence-corrected chi connectivity index (χ4v) is 7.72. The van der Waals surface area contributed by atoms with Gasteiger partial charge in [-0.15, -0.1) is 0 Å². The number of rotatable bonds is 7. The summed E-state index contributed by atoms with van der Waals surface area (Å²) < 4.78 is 17.1. The number of benzene rings is 1. The van der Waals surface area contributed by atoms with Crippen LogP contribution in [0, 0.1) is 16.7 Å². The first-order valence-electron chi connectivity index (χ1n) is 12.8. The quantitative estimate of drug-likeness (QED) is 0.458. The Hall–Kier alpha value is -3.95. The summed E-state index contributed by atoms with van der Waals surface area (Å²) in [5, 5.41) is 16.1. The zero-order chi connectivity index (χ0) is 26.9. The van der Waals surface area contributed by atoms with E-state index in [0.717, 1.165) is 11.6 Å². The number of methoxy groups -OCH3 is 2. The van der Waals surface area contributed by atoms with E-state index in [1.54, 1.807) is 6.07 Å². The van der Waals surface area contributed by atoms with E-state index in [2.05, 4.69) is 26.6 Å². The molecule has 3 aromatic rings. The molecule has 2 N–H and O–H groups in total. The number of fused-ring (bicyclic) bond motifs is 3. The first-order valence-corrected chi connectivity index (χ1v) is 13.6. The van der Waals surface area contributed by atoms with Gasteiger partial charge in [0.25, 0.3) is 11.8 Å². The van der Waals surface area contributed by atoms with Gasteiger partial charge in [0, 0.05) is 11.6 Å². The maximum atomic E-state index is 13.8. The lowest BCUT2D eigenvalue weighted by atomic mass is 9.40. The predicted octanol–water partition coefficient (Wildman–Crippen LogP) is 3.11. The number of aromatic nitrogens is 2. The van der Waals surface area contributed by atoms with Gasteiger partial charge in [0.05, 0.1) is 78.7 Å². The maximum absolute atomic E-state index is 13.8. The number of nitriles is 1. The normalized spacial score (nSPS) is 27.9. The van der Waals surface area contributed by atoms with Crippen LogP contribution in [0.5, 0.6) is 11.6 Å². The van der Waals surface area contributed by atoms with Crippen LogP contribution in [-0.2, 0) is 4.74 Å². The third-order valence-electron chi connectivity index (χ3n) is 8.35. The van der Waals surface area contributed by atoms with Gasteiger partial charge in [0.2, 0.25) is 5.88 Å². The minimum atomic E-state index is -0.435. The summed E-state index contributed by atoms with van der Waals surface area (Å²) in [5.41, 5.74) is 0.864. The number of hydrogen-bond donors (Lipinski definition) is 2. The Morgan fingerprint density at radius 2 is 1.95 bits per heavy atom. The average Bonchev–Trinajstić information content (AvgIpc) is 3.32. The van der Waals surface area contributed by atoms with Crippen LogP contribution in [0.2, 0.25) is 0 Å². The fraction of sp³-hybridized carbons (Fsp3) is 0.444. The Morgan fingerprint density at radius 1 is 1.18 bits per heavy atom. The number of ether oxygens (including phenoxy) is 3. The number of pyridine rings is 1. The lowest BCUT2D eigenvalue weighted by molar-refractivity contribution is -0.102. The van der Waals surface area contributed by atoms with E-state index in [4.69, 9.17) is 19.2 Å². The lowest BCUT2D eigenvalue weighted by Gasteiger charge is -2.66. The Kier molecular flexibility index (Phi) is 5.27. The van der Waals surface area contributed by atoms with Crippen LogP contribution in [-0.4, -0.2) is 66.8 Å². The van der Waals surface area contributed by atoms with E-state index in [0.29, 0.717) is 66.1 Å². The molecule has 8 rings (SSSR count). The summed E-state index contributed by atoms with van der Waals surface area (Å²) in [6.07, 6.45) is 4.43. The molecule has 2 aliphatic heterocycles. The summed E-state index contributed by atoms with van der Waals surface area (Å²) in [6, 6.07) is 8.04. The highest BCUT2D eigenvalue weighted by Crippen LogP contribution is 2.66. The Morgan fingerprint density at radius 3 is 2.62 bits per heavy atom. The second-order valence-electron chi connectivity index (χ2n) is 10.9. The molecule has 5 fully saturated rings. The molecule has 2 amide bonds. The van der Waals surface area contributed by atoms with Crippen molar-refractivity contribution in [1.29, 1.82) is 5.26 Å². The third kappa shape index (κ3) is 3.64. The Labute approximate surface area is 228 Å². The largest absolute Gasteiger partial charge is 0.496 e. The molecule has 2 atom stereocenters. The molecule has 0 radical (unpaired) electrons. The van der Waals surface area contributed by atoms with E-state index < -0.39 is 5.91 Å². The molecule has 11 nitrogen and oxygen atoms in total. The van der Waals surface area contributed by atoms with Gasteiger partial charge >= 0.3 is 0 Å². The molecule has 2 aromatic heterocycles. The predicted molar refractivity (Wildman–Crippen MR) is 142 cm³/mol. The van der Waals surface area contributed by atoms with Crippen molar-refractivity contribution in [3.8, 4) is 17.7 Å². The molecule has 3 aliphatic carbocycles. The van der Waals surface area contributed by atoms with Crippen LogP contribution < -0.4 is 25.0 Å². The number of anilines is 2. The van der Waals surface area contributed by atoms with Crippen molar-refractivity contribution in [3.05, 3.63) is 35.5 Å². The fourth-order valence-electron chi connectivity index (χ4n) is 6.48. The van der Waals surface area contributed by atoms with Crippen molar-refractivity contribution in [1.82, 2.24) is 15.3 Å². The standard InChI is InChI=1S/C27H26N6O5S/c1-36-19-4-3-17-22(39-25(31-17)33-14-5-15(33)9-38-8-14)21(19)24(35)30-18-7-29-20(37-2)6-16(18)23(34)32-27-10-26(11-27,12-27)13-28/h3-4,6-7,14-15H,5,8-12H2,1-2H3,(H,30,35)(H,32,34). The molecule has 4 heterocycles. The van der Waals surface area contributed by atoms with Crippen molar-refractivity contribution in [2.75, 3.05) is 37.7 Å². The number of thiazole rings is 1. The van der Waals surface area contributed by atoms with Crippen LogP contribution in [0.15, 0.2) is 24.4 Å². The minimum Gasteiger partial charge on any atom is -0.496 e. The highest BCUT2D eigenvalue weighted by atomic mass is 32.1. The Bertz CT molecular complexity index is 1550. The zero-order valence-corrected chi connectivity index (χ0v) is 22.3. The summed E-state index contributed by atoms with van der Waals surface area (Å²) in [4.78, 5) is 38.4. The molecule has 0 spiro atoms. The minimum absolute atomic E-state index is 0.232. The number of amides is 2. The van der Waals surface area contributed by atoms with Gasteiger partial charge in [0.15, 0.2) is 5.13 Å². The number of nitrogens with one attached hydrogen (secondary N) is 2. The van der Waals surface area contributed by atoms with Crippen molar-refractivity contribution in [2.45, 2.75) is 43.3 Å². The van der Waals surface area contributed by atoms with Crippen molar-refractivity contribution in [3.63, 3.8) is 0 Å². The van der Waals surface area contributed by atoms with Gasteiger partial charge in [-0.3, -0.25) is 9.59 Å². The first-order chi connectivity index (χ1) is 18.9. The van der Waals surface area contributed by atoms with E-state index in [1.807, 2.05) is 6.07 Å². The van der Waals surface area contributed by atoms with E-state index in [1.165, 1.54) is 37.8 Å². The zero-order valence-electron chi connectivity index (χ0n) is 21.4. The monoisotopic (exact) mass is 546 g/mol. The van der Waals surface area contributed by atoms with Crippen molar-refractivity contribution in [2.24, 2.45) is 5.41 Å². The summed E-state index contributed by atoms with van der Waals surface area (Å²) >= 11 is 1.45. The van der Waals surface area contributed by atoms with Gasteiger partial charge in [-0.1, -0.05) is 11.3 Å². The molecular formula is C27H26N6O5S. The third-order valence-corrected chi connectivity index (χ3v) is 9.46. The molecular weight excluding hydrogens is 520 g/mol. The highest BCUT2D eigenvalue weighted by Gasteiger charge is 2.69. The SMILES string of the molecule is COc1cc(C(=O)NC23CC(C#N)(C2)C3)c(NC(=O)c2c(OC)ccc3nc(N4C5COCC4C5)sc23)cn1. The van der Waals surface area contributed by atoms with Crippen LogP contribution in [0.1, 0.15) is 46.4 Å². The number of carbonyl (C=O) groups excluding carboxylic acids is 2. The van der Waals surface area contributed by atoms with Gasteiger partial charge in [0.1, 0.15) is 11.3 Å². The van der Waals surface area contributed by atoms with E-state index in [9.17, 15) is 14.9 Å². The molecule has 1 aromatic carbocycles. The van der Waals surface area contributed by atoms with E-state index in [-0.39, 0.29) is 34.0 Å². The smallest absolute Gasteiger partial charge is 0.261 e. The van der Waals surface area contributed by atoms with Gasteiger partial charge in [-0.2, -0.15) is 5.26 Å². The van der Waals surface area contributed by atoms with Crippen molar-refractivity contribution >= 4 is 44.2 Å². The number of nitrogens with zero attached hydrogens (tertiary/aromatic N) is 4. The summed E-state index contributed by atoms with van der Waals surface area (Å²) in [7, 11) is 2.98. The summed E-state index contributed by atoms with van der Waals surface area (Å²) in [5.74, 6) is -0.130. The molecule has 5 aliphatic rings. The molecule has 3 saturated carbocycles. The number of morpholine rings is 1. The van der Waals surface area contributed by atoms with Gasteiger partial charge in [-0.25, -0.2) is 9.97 Å². The van der Waals surface area contributed by atoms with E-state index >= 15 is 0 Å². The topological polar surface area (TPSA) is 139 Å². The van der Waals surface area contributed by atoms with Crippen LogP contribution in [0.4, 0.5) is 10.8 Å². The maximum Gasteiger partial charge on any atom is 0.261 e.